The van der Waals surface area contributed by atoms with Gasteiger partial charge in [-0.25, -0.2) is 0 Å². The molecule has 2 unspecified atom stereocenters. The van der Waals surface area contributed by atoms with E-state index in [4.69, 9.17) is 0 Å². The zero-order valence-electron chi connectivity index (χ0n) is 9.89. The third kappa shape index (κ3) is 1.43. The van der Waals surface area contributed by atoms with Crippen molar-refractivity contribution in [2.24, 2.45) is 23.2 Å². The van der Waals surface area contributed by atoms with Crippen LogP contribution in [0.1, 0.15) is 58.3 Å². The molecular formula is C15H22. The van der Waals surface area contributed by atoms with Crippen LogP contribution in [0.25, 0.3) is 0 Å². The van der Waals surface area contributed by atoms with Gasteiger partial charge in [0.25, 0.3) is 0 Å². The fourth-order valence-electron chi connectivity index (χ4n) is 4.22. The fraction of sp³-hybridized carbons (Fsp3) is 0.867. The van der Waals surface area contributed by atoms with E-state index in [2.05, 4.69) is 18.8 Å². The minimum absolute atomic E-state index is 0.579. The third-order valence-electron chi connectivity index (χ3n) is 4.98. The second-order valence-corrected chi connectivity index (χ2v) is 5.91. The first-order valence-corrected chi connectivity index (χ1v) is 6.87. The van der Waals surface area contributed by atoms with Crippen LogP contribution in [0.5, 0.6) is 0 Å². The van der Waals surface area contributed by atoms with Crippen LogP contribution in [0.4, 0.5) is 0 Å². The minimum Gasteiger partial charge on any atom is -0.103 e. The highest BCUT2D eigenvalue weighted by Crippen LogP contribution is 2.78. The Morgan fingerprint density at radius 1 is 1.13 bits per heavy atom. The van der Waals surface area contributed by atoms with Crippen LogP contribution in [-0.2, 0) is 0 Å². The summed E-state index contributed by atoms with van der Waals surface area (Å²) in [5, 5.41) is 0. The molecule has 4 fully saturated rings. The molecule has 0 saturated heterocycles. The van der Waals surface area contributed by atoms with Gasteiger partial charge in [-0.15, -0.1) is 5.92 Å². The number of hydrogen-bond donors (Lipinski definition) is 0. The van der Waals surface area contributed by atoms with Crippen molar-refractivity contribution in [2.75, 3.05) is 0 Å². The quantitative estimate of drug-likeness (QED) is 0.477. The van der Waals surface area contributed by atoms with Gasteiger partial charge in [-0.05, 0) is 43.4 Å². The predicted octanol–water partition coefficient (Wildman–Crippen LogP) is 4.01. The van der Waals surface area contributed by atoms with E-state index in [1.165, 1.54) is 44.9 Å². The van der Waals surface area contributed by atoms with Crippen molar-refractivity contribution in [1.29, 1.82) is 0 Å². The Hall–Kier alpha value is -0.440. The molecule has 4 saturated carbocycles. The molecule has 15 heavy (non-hydrogen) atoms. The van der Waals surface area contributed by atoms with Gasteiger partial charge in [0.1, 0.15) is 0 Å². The van der Waals surface area contributed by atoms with E-state index in [1.807, 2.05) is 0 Å². The summed E-state index contributed by atoms with van der Waals surface area (Å²) in [6.45, 7) is 2.27. The lowest BCUT2D eigenvalue weighted by atomic mass is 10.0. The molecule has 4 aliphatic carbocycles. The average Bonchev–Trinajstić information content (AvgIpc) is 2.74. The van der Waals surface area contributed by atoms with Gasteiger partial charge in [0.05, 0.1) is 0 Å². The van der Waals surface area contributed by atoms with Crippen molar-refractivity contribution in [3.63, 3.8) is 0 Å². The Morgan fingerprint density at radius 2 is 1.93 bits per heavy atom. The maximum Gasteiger partial charge on any atom is 0.0380 e. The Balaban J connectivity index is 1.45. The molecule has 0 aromatic carbocycles. The van der Waals surface area contributed by atoms with Gasteiger partial charge in [-0.2, -0.15) is 0 Å². The summed E-state index contributed by atoms with van der Waals surface area (Å²) in [5.41, 5.74) is 0.579. The molecule has 0 aliphatic heterocycles. The molecule has 0 nitrogen and oxygen atoms in total. The summed E-state index contributed by atoms with van der Waals surface area (Å²) < 4.78 is 0. The number of unbranched alkanes of at least 4 members (excludes halogenated alkanes) is 4. The predicted molar refractivity (Wildman–Crippen MR) is 63.3 cm³/mol. The zero-order valence-corrected chi connectivity index (χ0v) is 9.89. The lowest BCUT2D eigenvalue weighted by Crippen LogP contribution is -1.93. The smallest absolute Gasteiger partial charge is 0.0380 e. The topological polar surface area (TPSA) is 0 Å². The molecule has 82 valence electrons. The van der Waals surface area contributed by atoms with Crippen LogP contribution in [0.3, 0.4) is 0 Å². The van der Waals surface area contributed by atoms with E-state index in [0.717, 1.165) is 24.2 Å². The van der Waals surface area contributed by atoms with E-state index >= 15 is 0 Å². The summed E-state index contributed by atoms with van der Waals surface area (Å²) >= 11 is 0. The SMILES string of the molecule is CCCCCCC#CC12CC3CC1C2C3. The first-order chi connectivity index (χ1) is 7.37. The summed E-state index contributed by atoms with van der Waals surface area (Å²) in [6.07, 6.45) is 11.1. The molecule has 0 aromatic rings. The van der Waals surface area contributed by atoms with Gasteiger partial charge in [-0.3, -0.25) is 0 Å². The summed E-state index contributed by atoms with van der Waals surface area (Å²) in [7, 11) is 0. The van der Waals surface area contributed by atoms with Crippen LogP contribution in [0.15, 0.2) is 0 Å². The summed E-state index contributed by atoms with van der Waals surface area (Å²) in [5.74, 6) is 10.3. The van der Waals surface area contributed by atoms with Crippen LogP contribution in [-0.4, -0.2) is 0 Å². The van der Waals surface area contributed by atoms with Gasteiger partial charge in [0.2, 0.25) is 0 Å². The first kappa shape index (κ1) is 9.76. The highest BCUT2D eigenvalue weighted by Gasteiger charge is 2.73. The second kappa shape index (κ2) is 3.55. The van der Waals surface area contributed by atoms with Gasteiger partial charge in [0, 0.05) is 11.8 Å². The third-order valence-corrected chi connectivity index (χ3v) is 4.98. The molecule has 0 spiro atoms. The van der Waals surface area contributed by atoms with Gasteiger partial charge >= 0.3 is 0 Å². The van der Waals surface area contributed by atoms with Crippen molar-refractivity contribution in [2.45, 2.75) is 58.3 Å². The zero-order chi connectivity index (χ0) is 10.3. The molecule has 4 aliphatic rings. The van der Waals surface area contributed by atoms with E-state index in [1.54, 1.807) is 0 Å². The Labute approximate surface area is 93.8 Å². The average molecular weight is 202 g/mol. The second-order valence-electron chi connectivity index (χ2n) is 5.91. The van der Waals surface area contributed by atoms with Crippen LogP contribution in [0, 0.1) is 35.0 Å². The highest BCUT2D eigenvalue weighted by molar-refractivity contribution is 5.35. The Morgan fingerprint density at radius 3 is 2.53 bits per heavy atom. The molecule has 0 amide bonds. The van der Waals surface area contributed by atoms with Crippen molar-refractivity contribution < 1.29 is 0 Å². The van der Waals surface area contributed by atoms with Gasteiger partial charge < -0.3 is 0 Å². The van der Waals surface area contributed by atoms with Crippen LogP contribution in [0.2, 0.25) is 0 Å². The van der Waals surface area contributed by atoms with Crippen LogP contribution >= 0.6 is 0 Å². The molecule has 4 rings (SSSR count). The molecule has 4 bridgehead atoms. The molecule has 0 heterocycles. The Kier molecular flexibility index (Phi) is 2.31. The molecular weight excluding hydrogens is 180 g/mol. The van der Waals surface area contributed by atoms with Crippen molar-refractivity contribution >= 4 is 0 Å². The maximum absolute atomic E-state index is 3.65. The Bertz CT molecular complexity index is 292. The number of rotatable bonds is 4. The van der Waals surface area contributed by atoms with Crippen molar-refractivity contribution in [1.82, 2.24) is 0 Å². The molecule has 0 N–H and O–H groups in total. The molecule has 0 aromatic heterocycles. The minimum atomic E-state index is 0.579. The highest BCUT2D eigenvalue weighted by atomic mass is 14.8. The van der Waals surface area contributed by atoms with Crippen molar-refractivity contribution in [3.05, 3.63) is 0 Å². The fourth-order valence-corrected chi connectivity index (χ4v) is 4.22. The van der Waals surface area contributed by atoms with E-state index in [-0.39, 0.29) is 0 Å². The van der Waals surface area contributed by atoms with E-state index < -0.39 is 0 Å². The van der Waals surface area contributed by atoms with Gasteiger partial charge in [0.15, 0.2) is 0 Å². The molecule has 0 heteroatoms. The number of hydrogen-bond acceptors (Lipinski definition) is 0. The lowest BCUT2D eigenvalue weighted by Gasteiger charge is -1.99. The first-order valence-electron chi connectivity index (χ1n) is 6.87. The van der Waals surface area contributed by atoms with E-state index in [0.29, 0.717) is 5.41 Å². The molecule has 2 atom stereocenters. The standard InChI is InChI=1S/C15H22/c1-2-3-4-5-6-7-8-15-11-12-9-13(15)14(15)10-12/h12-14H,2-6,9-11H2,1H3. The van der Waals surface area contributed by atoms with Crippen molar-refractivity contribution in [3.8, 4) is 11.8 Å². The summed E-state index contributed by atoms with van der Waals surface area (Å²) in [6, 6.07) is 0. The summed E-state index contributed by atoms with van der Waals surface area (Å²) in [4.78, 5) is 0. The van der Waals surface area contributed by atoms with E-state index in [9.17, 15) is 0 Å². The van der Waals surface area contributed by atoms with Gasteiger partial charge in [-0.1, -0.05) is 32.1 Å². The monoisotopic (exact) mass is 202 g/mol. The van der Waals surface area contributed by atoms with Crippen LogP contribution < -0.4 is 0 Å². The largest absolute Gasteiger partial charge is 0.103 e. The maximum atomic E-state index is 3.65. The normalized spacial score (nSPS) is 43.9. The lowest BCUT2D eigenvalue weighted by molar-refractivity contribution is 0.592. The molecule has 0 radical (unpaired) electrons.